The van der Waals surface area contributed by atoms with E-state index in [0.717, 1.165) is 16.7 Å². The van der Waals surface area contributed by atoms with Crippen molar-refractivity contribution in [2.45, 2.75) is 24.8 Å². The fourth-order valence-corrected chi connectivity index (χ4v) is 4.70. The minimum absolute atomic E-state index is 0.110. The highest BCUT2D eigenvalue weighted by Gasteiger charge is 2.32. The van der Waals surface area contributed by atoms with Crippen molar-refractivity contribution in [2.75, 3.05) is 18.8 Å². The van der Waals surface area contributed by atoms with Gasteiger partial charge in [0.2, 0.25) is 5.65 Å². The van der Waals surface area contributed by atoms with Crippen LogP contribution in [0.5, 0.6) is 11.5 Å². The van der Waals surface area contributed by atoms with Gasteiger partial charge in [0.25, 0.3) is 5.92 Å². The molecule has 11 heteroatoms. The van der Waals surface area contributed by atoms with Gasteiger partial charge in [0, 0.05) is 17.7 Å². The number of nitrogens with one attached hydrogen (secondary N) is 2. The number of fused-ring (bicyclic) bond motifs is 7. The van der Waals surface area contributed by atoms with E-state index in [-0.39, 0.29) is 11.5 Å². The summed E-state index contributed by atoms with van der Waals surface area (Å²) in [5.41, 5.74) is 9.63. The Bertz CT molecular complexity index is 1560. The normalized spacial score (nSPS) is 17.7. The zero-order valence-electron chi connectivity index (χ0n) is 19.7. The van der Waals surface area contributed by atoms with Crippen LogP contribution in [0.1, 0.15) is 34.6 Å². The topological polar surface area (TPSA) is 120 Å². The summed E-state index contributed by atoms with van der Waals surface area (Å²) in [7, 11) is 0. The lowest BCUT2D eigenvalue weighted by molar-refractivity contribution is -0.00319. The molecule has 0 saturated carbocycles. The van der Waals surface area contributed by atoms with E-state index in [4.69, 9.17) is 10.5 Å². The Balaban J connectivity index is 1.41. The van der Waals surface area contributed by atoms with Crippen LogP contribution in [0, 0.1) is 0 Å². The number of aromatic nitrogens is 6. The number of nitrogen functional groups attached to an aromatic ring is 1. The second-order valence-corrected chi connectivity index (χ2v) is 9.10. The lowest BCUT2D eigenvalue weighted by atomic mass is 9.90. The van der Waals surface area contributed by atoms with Crippen molar-refractivity contribution >= 4 is 17.0 Å². The maximum Gasteiger partial charge on any atom is 0.285 e. The van der Waals surface area contributed by atoms with Gasteiger partial charge in [-0.25, -0.2) is 4.98 Å². The van der Waals surface area contributed by atoms with Gasteiger partial charge in [0.1, 0.15) is 22.8 Å². The number of anilines is 1. The zero-order chi connectivity index (χ0) is 25.4. The summed E-state index contributed by atoms with van der Waals surface area (Å²) < 4.78 is 38.0. The van der Waals surface area contributed by atoms with Gasteiger partial charge in [-0.15, -0.1) is 5.10 Å². The molecule has 9 nitrogen and oxygen atoms in total. The molecule has 1 unspecified atom stereocenters. The molecule has 0 radical (unpaired) electrons. The highest BCUT2D eigenvalue weighted by Crippen LogP contribution is 2.34. The van der Waals surface area contributed by atoms with Crippen molar-refractivity contribution < 1.29 is 13.5 Å². The molecule has 6 rings (SSSR count). The van der Waals surface area contributed by atoms with Crippen molar-refractivity contribution in [1.82, 2.24) is 35.5 Å². The predicted octanol–water partition coefficient (Wildman–Crippen LogP) is 4.19. The van der Waals surface area contributed by atoms with Crippen molar-refractivity contribution in [3.8, 4) is 11.5 Å². The zero-order valence-corrected chi connectivity index (χ0v) is 19.7. The van der Waals surface area contributed by atoms with Gasteiger partial charge >= 0.3 is 0 Å². The van der Waals surface area contributed by atoms with Crippen LogP contribution >= 0.6 is 0 Å². The Morgan fingerprint density at radius 1 is 1.05 bits per heavy atom. The molecule has 1 atom stereocenters. The molecule has 3 aromatic heterocycles. The molecule has 6 bridgehead atoms. The van der Waals surface area contributed by atoms with Crippen LogP contribution in [0.15, 0.2) is 67.0 Å². The first kappa shape index (κ1) is 23.0. The average molecular weight is 503 g/mol. The van der Waals surface area contributed by atoms with Gasteiger partial charge < -0.3 is 15.8 Å². The van der Waals surface area contributed by atoms with Crippen LogP contribution in [-0.4, -0.2) is 43.3 Å². The highest BCUT2D eigenvalue weighted by atomic mass is 19.3. The van der Waals surface area contributed by atoms with Crippen LogP contribution in [0.25, 0.3) is 11.2 Å². The van der Waals surface area contributed by atoms with E-state index in [0.29, 0.717) is 48.0 Å². The van der Waals surface area contributed by atoms with Gasteiger partial charge in [-0.1, -0.05) is 24.3 Å². The second kappa shape index (κ2) is 9.25. The van der Waals surface area contributed by atoms with Crippen molar-refractivity contribution in [3.63, 3.8) is 0 Å². The summed E-state index contributed by atoms with van der Waals surface area (Å²) >= 11 is 0. The number of halogens is 2. The number of hydrogen-bond acceptors (Lipinski definition) is 7. The summed E-state index contributed by atoms with van der Waals surface area (Å²) in [5.74, 6) is -2.08. The lowest BCUT2D eigenvalue weighted by Crippen LogP contribution is -2.32. The summed E-state index contributed by atoms with van der Waals surface area (Å²) in [5, 5.41) is 18.4. The number of nitrogens with two attached hydrogens (primary N) is 1. The van der Waals surface area contributed by atoms with Crippen molar-refractivity contribution in [1.29, 1.82) is 0 Å². The first-order valence-corrected chi connectivity index (χ1v) is 11.9. The fourth-order valence-electron chi connectivity index (χ4n) is 4.70. The summed E-state index contributed by atoms with van der Waals surface area (Å²) in [4.78, 5) is 4.23. The molecule has 4 N–H and O–H groups in total. The molecule has 1 aliphatic rings. The van der Waals surface area contributed by atoms with Gasteiger partial charge in [-0.05, 0) is 60.0 Å². The Morgan fingerprint density at radius 2 is 1.89 bits per heavy atom. The molecule has 4 heterocycles. The van der Waals surface area contributed by atoms with E-state index in [2.05, 4.69) is 30.8 Å². The first-order valence-electron chi connectivity index (χ1n) is 11.9. The molecular formula is C26H24F2N8O. The molecule has 0 aliphatic carbocycles. The Morgan fingerprint density at radius 3 is 2.78 bits per heavy atom. The van der Waals surface area contributed by atoms with Gasteiger partial charge in [-0.2, -0.15) is 24.2 Å². The predicted molar refractivity (Wildman–Crippen MR) is 134 cm³/mol. The van der Waals surface area contributed by atoms with E-state index < -0.39 is 12.5 Å². The molecule has 2 aromatic carbocycles. The standard InChI is InChI=1S/C26H24F2N8O/c27-26(28)15-30-8-7-21(22-11-23(29)32-25-24(22)33-35-34-25)17-12-31-36(14-17)13-16-3-1-5-19(9-16)37-20-6-2-4-18(26)10-20/h1-6,9-12,14,21,30H,7-8,13,15H2,(H3,29,32,33,34,35). The smallest absolute Gasteiger partial charge is 0.285 e. The van der Waals surface area contributed by atoms with E-state index in [1.54, 1.807) is 30.5 Å². The van der Waals surface area contributed by atoms with Crippen LogP contribution < -0.4 is 15.8 Å². The monoisotopic (exact) mass is 502 g/mol. The van der Waals surface area contributed by atoms with E-state index in [1.165, 1.54) is 12.1 Å². The fraction of sp³-hybridized carbons (Fsp3) is 0.231. The van der Waals surface area contributed by atoms with Gasteiger partial charge in [0.15, 0.2) is 0 Å². The summed E-state index contributed by atoms with van der Waals surface area (Å²) in [6.07, 6.45) is 4.25. The Hall–Kier alpha value is -4.38. The number of hydrogen-bond donors (Lipinski definition) is 3. The maximum absolute atomic E-state index is 15.1. The third kappa shape index (κ3) is 4.73. The highest BCUT2D eigenvalue weighted by molar-refractivity contribution is 5.77. The van der Waals surface area contributed by atoms with Crippen LogP contribution in [0.2, 0.25) is 0 Å². The number of pyridine rings is 1. The van der Waals surface area contributed by atoms with Crippen LogP contribution in [0.4, 0.5) is 14.6 Å². The average Bonchev–Trinajstić information content (AvgIpc) is 3.53. The molecule has 0 fully saturated rings. The molecular weight excluding hydrogens is 478 g/mol. The maximum atomic E-state index is 15.1. The van der Waals surface area contributed by atoms with Crippen molar-refractivity contribution in [2.24, 2.45) is 0 Å². The minimum Gasteiger partial charge on any atom is -0.457 e. The number of aromatic amines is 1. The molecule has 0 saturated heterocycles. The number of H-pyrrole nitrogens is 1. The van der Waals surface area contributed by atoms with E-state index in [1.807, 2.05) is 29.1 Å². The van der Waals surface area contributed by atoms with Gasteiger partial charge in [0.05, 0.1) is 19.3 Å². The number of nitrogens with zero attached hydrogens (tertiary/aromatic N) is 5. The molecule has 188 valence electrons. The SMILES string of the molecule is Nc1cc(C2CCNCC(F)(F)c3cccc(c3)Oc3cccc(c3)Cn3cc2cn3)c2n[nH]nc2n1. The summed E-state index contributed by atoms with van der Waals surface area (Å²) in [6, 6.07) is 15.3. The number of ether oxygens (including phenoxy) is 1. The second-order valence-electron chi connectivity index (χ2n) is 9.10. The third-order valence-electron chi connectivity index (χ3n) is 6.46. The van der Waals surface area contributed by atoms with Crippen molar-refractivity contribution in [3.05, 3.63) is 89.2 Å². The first-order chi connectivity index (χ1) is 17.9. The largest absolute Gasteiger partial charge is 0.457 e. The molecule has 5 aromatic rings. The number of rotatable bonds is 1. The van der Waals surface area contributed by atoms with Gasteiger partial charge in [-0.3, -0.25) is 4.68 Å². The third-order valence-corrected chi connectivity index (χ3v) is 6.46. The summed E-state index contributed by atoms with van der Waals surface area (Å²) in [6.45, 7) is 0.317. The molecule has 37 heavy (non-hydrogen) atoms. The Kier molecular flexibility index (Phi) is 5.76. The number of benzene rings is 2. The Labute approximate surface area is 210 Å². The minimum atomic E-state index is -3.09. The molecule has 1 aliphatic heterocycles. The van der Waals surface area contributed by atoms with Crippen LogP contribution in [0.3, 0.4) is 0 Å². The van der Waals surface area contributed by atoms with E-state index in [9.17, 15) is 0 Å². The quantitative estimate of drug-likeness (QED) is 0.314. The molecule has 0 spiro atoms. The number of alkyl halides is 2. The van der Waals surface area contributed by atoms with Crippen LogP contribution in [-0.2, 0) is 12.5 Å². The molecule has 0 amide bonds. The lowest BCUT2D eigenvalue weighted by Gasteiger charge is -2.20. The van der Waals surface area contributed by atoms with E-state index >= 15 is 8.78 Å².